The first kappa shape index (κ1) is 14.1. The fraction of sp³-hybridized carbons (Fsp3) is 0.500. The molecule has 2 aliphatic heterocycles. The predicted octanol–water partition coefficient (Wildman–Crippen LogP) is 2.15. The van der Waals surface area contributed by atoms with Crippen molar-refractivity contribution in [3.63, 3.8) is 0 Å². The third-order valence-corrected chi connectivity index (χ3v) is 4.04. The lowest BCUT2D eigenvalue weighted by Gasteiger charge is -2.39. The van der Waals surface area contributed by atoms with Crippen LogP contribution in [0.2, 0.25) is 0 Å². The lowest BCUT2D eigenvalue weighted by Crippen LogP contribution is -2.54. The Morgan fingerprint density at radius 3 is 2.81 bits per heavy atom. The zero-order chi connectivity index (χ0) is 14.7. The van der Waals surface area contributed by atoms with Gasteiger partial charge in [0.1, 0.15) is 12.4 Å². The Morgan fingerprint density at radius 2 is 2.00 bits per heavy atom. The van der Waals surface area contributed by atoms with Gasteiger partial charge in [0, 0.05) is 12.8 Å². The van der Waals surface area contributed by atoms with Crippen LogP contribution in [0.3, 0.4) is 0 Å². The molecule has 2 heterocycles. The molecule has 2 atom stereocenters. The maximum Gasteiger partial charge on any atom is 0.410 e. The smallest absolute Gasteiger partial charge is 0.410 e. The van der Waals surface area contributed by atoms with Crippen molar-refractivity contribution in [3.8, 4) is 0 Å². The molecule has 0 saturated carbocycles. The van der Waals surface area contributed by atoms with Gasteiger partial charge in [0.2, 0.25) is 0 Å². The van der Waals surface area contributed by atoms with E-state index in [0.717, 1.165) is 5.56 Å². The van der Waals surface area contributed by atoms with E-state index in [2.05, 4.69) is 0 Å². The van der Waals surface area contributed by atoms with Gasteiger partial charge in [-0.1, -0.05) is 30.3 Å². The lowest BCUT2D eigenvalue weighted by atomic mass is 10.1. The summed E-state index contributed by atoms with van der Waals surface area (Å²) in [6.07, 6.45) is 1.21. The summed E-state index contributed by atoms with van der Waals surface area (Å²) in [6, 6.07) is 9.37. The highest BCUT2D eigenvalue weighted by Crippen LogP contribution is 2.25. The van der Waals surface area contributed by atoms with Crippen molar-refractivity contribution in [2.45, 2.75) is 38.0 Å². The first-order chi connectivity index (χ1) is 10.2. The van der Waals surface area contributed by atoms with Crippen LogP contribution in [0.15, 0.2) is 30.3 Å². The van der Waals surface area contributed by atoms with E-state index in [9.17, 15) is 9.59 Å². The fourth-order valence-electron chi connectivity index (χ4n) is 2.96. The second kappa shape index (κ2) is 6.26. The topological polar surface area (TPSA) is 55.8 Å². The van der Waals surface area contributed by atoms with Gasteiger partial charge in [-0.3, -0.25) is 9.69 Å². The molecule has 2 aliphatic rings. The highest BCUT2D eigenvalue weighted by Gasteiger charge is 2.39. The zero-order valence-electron chi connectivity index (χ0n) is 11.9. The zero-order valence-corrected chi connectivity index (χ0v) is 11.9. The van der Waals surface area contributed by atoms with E-state index < -0.39 is 0 Å². The van der Waals surface area contributed by atoms with Gasteiger partial charge in [0.15, 0.2) is 0 Å². The number of rotatable bonds is 2. The molecule has 0 aliphatic carbocycles. The summed E-state index contributed by atoms with van der Waals surface area (Å²) in [7, 11) is 0. The van der Waals surface area contributed by atoms with Crippen molar-refractivity contribution in [2.24, 2.45) is 0 Å². The van der Waals surface area contributed by atoms with E-state index in [1.165, 1.54) is 0 Å². The number of carbonyl (C=O) groups is 2. The van der Waals surface area contributed by atoms with Gasteiger partial charge in [0.05, 0.1) is 25.3 Å². The Bertz CT molecular complexity index is 516. The molecule has 21 heavy (non-hydrogen) atoms. The van der Waals surface area contributed by atoms with Gasteiger partial charge in [-0.2, -0.15) is 0 Å². The first-order valence-electron chi connectivity index (χ1n) is 7.32. The van der Waals surface area contributed by atoms with Crippen molar-refractivity contribution in [2.75, 3.05) is 13.2 Å². The number of carbonyl (C=O) groups excluding carboxylic acids is 2. The Balaban J connectivity index is 1.66. The van der Waals surface area contributed by atoms with E-state index in [0.29, 0.717) is 32.5 Å². The van der Waals surface area contributed by atoms with Crippen LogP contribution in [0, 0.1) is 0 Å². The lowest BCUT2D eigenvalue weighted by molar-refractivity contribution is -0.120. The van der Waals surface area contributed by atoms with Crippen molar-refractivity contribution in [3.05, 3.63) is 35.9 Å². The molecule has 3 rings (SSSR count). The summed E-state index contributed by atoms with van der Waals surface area (Å²) in [4.78, 5) is 25.8. The number of benzene rings is 1. The Labute approximate surface area is 123 Å². The quantitative estimate of drug-likeness (QED) is 0.837. The maximum atomic E-state index is 12.4. The van der Waals surface area contributed by atoms with Crippen LogP contribution >= 0.6 is 0 Å². The van der Waals surface area contributed by atoms with Gasteiger partial charge in [-0.25, -0.2) is 4.79 Å². The summed E-state index contributed by atoms with van der Waals surface area (Å²) in [5.41, 5.74) is 0.957. The molecule has 1 amide bonds. The van der Waals surface area contributed by atoms with Crippen molar-refractivity contribution >= 4 is 11.9 Å². The molecular weight excluding hydrogens is 270 g/mol. The SMILES string of the molecule is O=C1CCC2COCC(C1)N2C(=O)OCc1ccccc1. The summed E-state index contributed by atoms with van der Waals surface area (Å²) in [5, 5.41) is 0. The summed E-state index contributed by atoms with van der Waals surface area (Å²) in [5.74, 6) is 0.203. The van der Waals surface area contributed by atoms with E-state index in [1.54, 1.807) is 4.90 Å². The number of amides is 1. The Hall–Kier alpha value is -1.88. The number of fused-ring (bicyclic) bond motifs is 2. The van der Waals surface area contributed by atoms with Crippen LogP contribution < -0.4 is 0 Å². The largest absolute Gasteiger partial charge is 0.445 e. The normalized spacial score (nSPS) is 25.3. The molecule has 112 valence electrons. The Kier molecular flexibility index (Phi) is 4.20. The minimum absolute atomic E-state index is 0.0431. The van der Waals surface area contributed by atoms with E-state index in [4.69, 9.17) is 9.47 Å². The fourth-order valence-corrected chi connectivity index (χ4v) is 2.96. The molecule has 1 aromatic carbocycles. The number of morpholine rings is 1. The highest BCUT2D eigenvalue weighted by molar-refractivity contribution is 5.81. The molecule has 5 nitrogen and oxygen atoms in total. The number of nitrogens with zero attached hydrogens (tertiary/aromatic N) is 1. The van der Waals surface area contributed by atoms with Gasteiger partial charge in [-0.15, -0.1) is 0 Å². The molecule has 0 aromatic heterocycles. The summed E-state index contributed by atoms with van der Waals surface area (Å²) < 4.78 is 10.9. The van der Waals surface area contributed by atoms with Crippen molar-refractivity contribution in [1.29, 1.82) is 0 Å². The van der Waals surface area contributed by atoms with Gasteiger partial charge < -0.3 is 9.47 Å². The molecule has 2 unspecified atom stereocenters. The van der Waals surface area contributed by atoms with E-state index in [-0.39, 0.29) is 30.6 Å². The predicted molar refractivity (Wildman–Crippen MR) is 75.7 cm³/mol. The summed E-state index contributed by atoms with van der Waals surface area (Å²) in [6.45, 7) is 1.16. The van der Waals surface area contributed by atoms with Crippen LogP contribution in [-0.4, -0.2) is 42.1 Å². The number of ether oxygens (including phenoxy) is 2. The van der Waals surface area contributed by atoms with E-state index >= 15 is 0 Å². The molecule has 0 N–H and O–H groups in total. The number of ketones is 1. The number of hydrogen-bond donors (Lipinski definition) is 0. The molecule has 2 saturated heterocycles. The second-order valence-corrected chi connectivity index (χ2v) is 5.57. The van der Waals surface area contributed by atoms with Crippen molar-refractivity contribution < 1.29 is 19.1 Å². The van der Waals surface area contributed by atoms with Crippen LogP contribution in [-0.2, 0) is 20.9 Å². The van der Waals surface area contributed by atoms with Crippen LogP contribution in [0.1, 0.15) is 24.8 Å². The first-order valence-corrected chi connectivity index (χ1v) is 7.32. The third-order valence-electron chi connectivity index (χ3n) is 4.04. The standard InChI is InChI=1S/C16H19NO4/c18-15-7-6-13-10-20-11-14(8-15)17(13)16(19)21-9-12-4-2-1-3-5-12/h1-5,13-14H,6-11H2. The van der Waals surface area contributed by atoms with E-state index in [1.807, 2.05) is 30.3 Å². The minimum atomic E-state index is -0.341. The second-order valence-electron chi connectivity index (χ2n) is 5.57. The number of hydrogen-bond acceptors (Lipinski definition) is 4. The molecule has 0 spiro atoms. The average Bonchev–Trinajstić information content (AvgIpc) is 2.60. The maximum absolute atomic E-state index is 12.4. The van der Waals surface area contributed by atoms with Gasteiger partial charge in [0.25, 0.3) is 0 Å². The van der Waals surface area contributed by atoms with Crippen molar-refractivity contribution in [1.82, 2.24) is 4.90 Å². The molecule has 1 aromatic rings. The van der Waals surface area contributed by atoms with Crippen LogP contribution in [0.4, 0.5) is 4.79 Å². The molecular formula is C16H19NO4. The monoisotopic (exact) mass is 289 g/mol. The molecule has 2 bridgehead atoms. The molecule has 0 radical (unpaired) electrons. The molecule has 5 heteroatoms. The summed E-state index contributed by atoms with van der Waals surface area (Å²) >= 11 is 0. The highest BCUT2D eigenvalue weighted by atomic mass is 16.6. The van der Waals surface area contributed by atoms with Gasteiger partial charge >= 0.3 is 6.09 Å². The minimum Gasteiger partial charge on any atom is -0.445 e. The Morgan fingerprint density at radius 1 is 1.24 bits per heavy atom. The third kappa shape index (κ3) is 3.24. The average molecular weight is 289 g/mol. The van der Waals surface area contributed by atoms with Crippen LogP contribution in [0.25, 0.3) is 0 Å². The van der Waals surface area contributed by atoms with Gasteiger partial charge in [-0.05, 0) is 12.0 Å². The molecule has 2 fully saturated rings. The van der Waals surface area contributed by atoms with Crippen LogP contribution in [0.5, 0.6) is 0 Å². The number of Topliss-reactive ketones (excluding diaryl/α,β-unsaturated/α-hetero) is 1.